The predicted molar refractivity (Wildman–Crippen MR) is 140 cm³/mol. The van der Waals surface area contributed by atoms with Crippen molar-refractivity contribution in [2.75, 3.05) is 44.4 Å². The minimum Gasteiger partial charge on any atom is -0.457 e. The van der Waals surface area contributed by atoms with Crippen LogP contribution >= 0.6 is 27.7 Å². The average molecular weight is 592 g/mol. The SMILES string of the molecule is O=C1NC(=O)C(c2ccc(Oc3ccc(Br)cc3)cc2)(N2CCN(C(=O)CSCCC[18F])CC2)C(=O)N1. The summed E-state index contributed by atoms with van der Waals surface area (Å²) in [4.78, 5) is 54.3. The van der Waals surface area contributed by atoms with Gasteiger partial charge in [0.2, 0.25) is 11.4 Å². The number of piperazine rings is 1. The first kappa shape index (κ1) is 27.1. The highest BCUT2D eigenvalue weighted by molar-refractivity contribution is 9.10. The van der Waals surface area contributed by atoms with E-state index in [4.69, 9.17) is 4.74 Å². The standard InChI is InChI=1S/C25H26BrFN4O5S/c26-18-4-8-20(9-5-18)36-19-6-2-17(3-7-19)25(22(33)28-24(35)29-23(25)34)31-13-11-30(12-14-31)21(32)16-37-15-1-10-27/h2-9H,1,10-16H2,(H2,28,29,33,34,35)/i27-1. The van der Waals surface area contributed by atoms with Crippen LogP contribution in [0.4, 0.5) is 9.18 Å². The minimum absolute atomic E-state index is 0.0697. The molecule has 2 aliphatic heterocycles. The molecule has 2 aromatic rings. The third kappa shape index (κ3) is 5.97. The van der Waals surface area contributed by atoms with Crippen LogP contribution in [0, 0.1) is 0 Å². The van der Waals surface area contributed by atoms with Crippen molar-refractivity contribution in [2.45, 2.75) is 12.0 Å². The smallest absolute Gasteiger partial charge is 0.328 e. The van der Waals surface area contributed by atoms with E-state index in [9.17, 15) is 23.6 Å². The first-order chi connectivity index (χ1) is 17.8. The maximum Gasteiger partial charge on any atom is 0.328 e. The third-order valence-corrected chi connectivity index (χ3v) is 7.74. The summed E-state index contributed by atoms with van der Waals surface area (Å²) in [5, 5.41) is 4.46. The van der Waals surface area contributed by atoms with Gasteiger partial charge < -0.3 is 9.64 Å². The van der Waals surface area contributed by atoms with E-state index in [1.807, 2.05) is 12.1 Å². The van der Waals surface area contributed by atoms with Crippen LogP contribution in [0.25, 0.3) is 0 Å². The lowest BCUT2D eigenvalue weighted by molar-refractivity contribution is -0.151. The van der Waals surface area contributed by atoms with E-state index in [1.165, 1.54) is 11.8 Å². The summed E-state index contributed by atoms with van der Waals surface area (Å²) in [5.74, 6) is 0.387. The second kappa shape index (κ2) is 12.1. The first-order valence-electron chi connectivity index (χ1n) is 11.7. The van der Waals surface area contributed by atoms with Gasteiger partial charge in [-0.05, 0) is 54.1 Å². The van der Waals surface area contributed by atoms with E-state index in [2.05, 4.69) is 26.6 Å². The molecule has 0 atom stereocenters. The number of imide groups is 2. The topological polar surface area (TPSA) is 108 Å². The third-order valence-electron chi connectivity index (χ3n) is 6.19. The number of ether oxygens (including phenoxy) is 1. The van der Waals surface area contributed by atoms with Crippen molar-refractivity contribution in [3.05, 3.63) is 58.6 Å². The van der Waals surface area contributed by atoms with Gasteiger partial charge >= 0.3 is 6.03 Å². The second-order valence-corrected chi connectivity index (χ2v) is 10.5. The average Bonchev–Trinajstić information content (AvgIpc) is 2.89. The van der Waals surface area contributed by atoms with Crippen LogP contribution in [-0.2, 0) is 19.9 Å². The Morgan fingerprint density at radius 1 is 0.946 bits per heavy atom. The Bertz CT molecular complexity index is 1140. The van der Waals surface area contributed by atoms with E-state index in [0.29, 0.717) is 42.3 Å². The van der Waals surface area contributed by atoms with Crippen LogP contribution in [0.15, 0.2) is 53.0 Å². The molecule has 2 fully saturated rings. The second-order valence-electron chi connectivity index (χ2n) is 8.49. The van der Waals surface area contributed by atoms with E-state index in [0.717, 1.165) is 4.47 Å². The fourth-order valence-corrected chi connectivity index (χ4v) is 5.43. The number of nitrogens with one attached hydrogen (secondary N) is 2. The highest BCUT2D eigenvalue weighted by Crippen LogP contribution is 2.34. The van der Waals surface area contributed by atoms with Gasteiger partial charge in [0.05, 0.1) is 12.4 Å². The molecule has 9 nitrogen and oxygen atoms in total. The van der Waals surface area contributed by atoms with Crippen molar-refractivity contribution in [3.8, 4) is 11.5 Å². The Labute approximate surface area is 226 Å². The molecule has 0 unspecified atom stereocenters. The first-order valence-corrected chi connectivity index (χ1v) is 13.7. The maximum absolute atomic E-state index is 13.3. The van der Waals surface area contributed by atoms with Gasteiger partial charge in [0.1, 0.15) is 11.5 Å². The monoisotopic (exact) mass is 591 g/mol. The fourth-order valence-electron chi connectivity index (χ4n) is 4.36. The molecule has 0 aliphatic carbocycles. The normalized spacial score (nSPS) is 17.8. The fraction of sp³-hybridized carbons (Fsp3) is 0.360. The van der Waals surface area contributed by atoms with Gasteiger partial charge in [-0.25, -0.2) is 4.79 Å². The molecule has 37 heavy (non-hydrogen) atoms. The summed E-state index contributed by atoms with van der Waals surface area (Å²) < 4.78 is 19.1. The predicted octanol–water partition coefficient (Wildman–Crippen LogP) is 3.04. The molecule has 0 bridgehead atoms. The lowest BCUT2D eigenvalue weighted by Gasteiger charge is -2.46. The molecule has 2 aromatic carbocycles. The van der Waals surface area contributed by atoms with E-state index in [1.54, 1.807) is 46.2 Å². The molecule has 0 radical (unpaired) electrons. The van der Waals surface area contributed by atoms with E-state index in [-0.39, 0.29) is 24.7 Å². The largest absolute Gasteiger partial charge is 0.457 e. The van der Waals surface area contributed by atoms with Crippen LogP contribution in [0.5, 0.6) is 11.5 Å². The Kier molecular flexibility index (Phi) is 8.83. The van der Waals surface area contributed by atoms with Gasteiger partial charge in [0.25, 0.3) is 11.8 Å². The summed E-state index contributed by atoms with van der Waals surface area (Å²) in [6.07, 6.45) is 0.407. The molecule has 2 heterocycles. The maximum atomic E-state index is 13.3. The molecular formula is C25H26BrFN4O5S. The van der Waals surface area contributed by atoms with Crippen LogP contribution in [0.1, 0.15) is 12.0 Å². The number of amides is 5. The number of halogens is 2. The molecule has 2 N–H and O–H groups in total. The molecule has 0 aromatic heterocycles. The minimum atomic E-state index is -1.78. The van der Waals surface area contributed by atoms with E-state index < -0.39 is 30.1 Å². The molecule has 2 aliphatic rings. The summed E-state index contributed by atoms with van der Waals surface area (Å²) in [5.41, 5.74) is -1.41. The quantitative estimate of drug-likeness (QED) is 0.341. The molecule has 4 rings (SSSR count). The Morgan fingerprint density at radius 2 is 1.51 bits per heavy atom. The highest BCUT2D eigenvalue weighted by atomic mass is 79.9. The zero-order chi connectivity index (χ0) is 26.4. The van der Waals surface area contributed by atoms with Gasteiger partial charge in [-0.15, -0.1) is 0 Å². The Hall–Kier alpha value is -2.96. The molecule has 0 saturated carbocycles. The summed E-state index contributed by atoms with van der Waals surface area (Å²) in [6.45, 7) is 0.694. The van der Waals surface area contributed by atoms with Gasteiger partial charge in [0, 0.05) is 30.7 Å². The van der Waals surface area contributed by atoms with Crippen LogP contribution in [-0.4, -0.2) is 77.9 Å². The van der Waals surface area contributed by atoms with Crippen molar-refractivity contribution in [1.29, 1.82) is 0 Å². The number of urea groups is 1. The van der Waals surface area contributed by atoms with Crippen LogP contribution < -0.4 is 15.4 Å². The number of carbonyl (C=O) groups is 4. The van der Waals surface area contributed by atoms with Crippen LogP contribution in [0.3, 0.4) is 0 Å². The number of thioether (sulfide) groups is 1. The van der Waals surface area contributed by atoms with Gasteiger partial charge in [-0.2, -0.15) is 11.8 Å². The van der Waals surface area contributed by atoms with Crippen molar-refractivity contribution >= 4 is 51.4 Å². The molecule has 2 saturated heterocycles. The number of hydrogen-bond donors (Lipinski definition) is 2. The van der Waals surface area contributed by atoms with Gasteiger partial charge in [0.15, 0.2) is 0 Å². The van der Waals surface area contributed by atoms with Crippen molar-refractivity contribution < 1.29 is 28.3 Å². The lowest BCUT2D eigenvalue weighted by atomic mass is 9.84. The molecule has 5 amide bonds. The molecule has 12 heteroatoms. The zero-order valence-electron chi connectivity index (χ0n) is 19.9. The molecular weight excluding hydrogens is 566 g/mol. The molecule has 196 valence electrons. The van der Waals surface area contributed by atoms with Crippen LogP contribution in [0.2, 0.25) is 0 Å². The number of rotatable bonds is 9. The number of barbiturate groups is 1. The Morgan fingerprint density at radius 3 is 2.08 bits per heavy atom. The lowest BCUT2D eigenvalue weighted by Crippen LogP contribution is -2.73. The number of alkyl halides is 1. The number of carbonyl (C=O) groups excluding carboxylic acids is 4. The number of benzene rings is 2. The number of hydrogen-bond acceptors (Lipinski definition) is 7. The van der Waals surface area contributed by atoms with E-state index >= 15 is 0 Å². The van der Waals surface area contributed by atoms with Crippen molar-refractivity contribution in [2.24, 2.45) is 0 Å². The van der Waals surface area contributed by atoms with Crippen molar-refractivity contribution in [3.63, 3.8) is 0 Å². The van der Waals surface area contributed by atoms with Gasteiger partial charge in [-0.1, -0.05) is 28.1 Å². The molecule has 0 spiro atoms. The number of nitrogens with zero attached hydrogens (tertiary/aromatic N) is 2. The summed E-state index contributed by atoms with van der Waals surface area (Å²) >= 11 is 4.76. The summed E-state index contributed by atoms with van der Waals surface area (Å²) in [6, 6.07) is 13.0. The van der Waals surface area contributed by atoms with Crippen molar-refractivity contribution in [1.82, 2.24) is 20.4 Å². The Balaban J connectivity index is 1.52. The highest BCUT2D eigenvalue weighted by Gasteiger charge is 2.56. The van der Waals surface area contributed by atoms with Gasteiger partial charge in [-0.3, -0.25) is 34.3 Å². The zero-order valence-corrected chi connectivity index (χ0v) is 22.3. The summed E-state index contributed by atoms with van der Waals surface area (Å²) in [7, 11) is 0.